The third kappa shape index (κ3) is 3.51. The van der Waals surface area contributed by atoms with Gasteiger partial charge in [0.2, 0.25) is 0 Å². The molecule has 29 heavy (non-hydrogen) atoms. The number of imide groups is 1. The zero-order valence-corrected chi connectivity index (χ0v) is 15.9. The first kappa shape index (κ1) is 19.5. The molecule has 1 N–H and O–H groups in total. The van der Waals surface area contributed by atoms with E-state index in [2.05, 4.69) is 5.32 Å². The molecule has 0 radical (unpaired) electrons. The second kappa shape index (κ2) is 6.93. The number of carbonyl (C=O) groups excluding carboxylic acids is 3. The summed E-state index contributed by atoms with van der Waals surface area (Å²) in [5.41, 5.74) is 0.185. The molecule has 0 unspecified atom stereocenters. The van der Waals surface area contributed by atoms with Crippen LogP contribution in [0.25, 0.3) is 5.57 Å². The standard InChI is InChI=1S/C19H10ClF3N2O3S/c20-11-4-5-13-12(7-11)14(15-16(26)24-18(28)29-15)17(27)25(13)8-9-2-1-3-10(6-9)19(21,22)23/h1-7H,8H2,(H,24,26,28)/b15-14-. The molecule has 2 aliphatic rings. The van der Waals surface area contributed by atoms with E-state index in [4.69, 9.17) is 11.6 Å². The Morgan fingerprint density at radius 2 is 1.83 bits per heavy atom. The highest BCUT2D eigenvalue weighted by Gasteiger charge is 2.40. The number of halogens is 4. The van der Waals surface area contributed by atoms with Crippen LogP contribution in [0.4, 0.5) is 23.7 Å². The third-order valence-electron chi connectivity index (χ3n) is 4.42. The molecule has 0 saturated carbocycles. The highest BCUT2D eigenvalue weighted by atomic mass is 35.5. The van der Waals surface area contributed by atoms with E-state index in [1.807, 2.05) is 0 Å². The monoisotopic (exact) mass is 438 g/mol. The maximum absolute atomic E-state index is 13.1. The van der Waals surface area contributed by atoms with Crippen LogP contribution < -0.4 is 10.2 Å². The van der Waals surface area contributed by atoms with E-state index in [1.165, 1.54) is 29.2 Å². The van der Waals surface area contributed by atoms with E-state index >= 15 is 0 Å². The first-order chi connectivity index (χ1) is 13.6. The molecule has 0 spiro atoms. The summed E-state index contributed by atoms with van der Waals surface area (Å²) in [5.74, 6) is -1.29. The van der Waals surface area contributed by atoms with E-state index < -0.39 is 28.8 Å². The molecular weight excluding hydrogens is 429 g/mol. The summed E-state index contributed by atoms with van der Waals surface area (Å²) in [4.78, 5) is 37.9. The van der Waals surface area contributed by atoms with Crippen LogP contribution in [0.5, 0.6) is 0 Å². The largest absolute Gasteiger partial charge is 0.416 e. The minimum Gasteiger partial charge on any atom is -0.303 e. The van der Waals surface area contributed by atoms with Gasteiger partial charge in [-0.05, 0) is 47.7 Å². The summed E-state index contributed by atoms with van der Waals surface area (Å²) in [5, 5.41) is 1.80. The van der Waals surface area contributed by atoms with E-state index in [0.29, 0.717) is 28.0 Å². The molecule has 5 nitrogen and oxygen atoms in total. The van der Waals surface area contributed by atoms with Gasteiger partial charge in [0, 0.05) is 10.6 Å². The SMILES string of the molecule is O=C1NC(=O)/C(=C2/C(=O)N(Cc3cccc(C(F)(F)F)c3)c3ccc(Cl)cc32)S1. The van der Waals surface area contributed by atoms with Gasteiger partial charge in [0.1, 0.15) is 0 Å². The van der Waals surface area contributed by atoms with Crippen molar-refractivity contribution in [3.63, 3.8) is 0 Å². The molecule has 2 aromatic carbocycles. The molecule has 1 saturated heterocycles. The van der Waals surface area contributed by atoms with Crippen LogP contribution in [-0.2, 0) is 22.3 Å². The number of fused-ring (bicyclic) bond motifs is 1. The number of carbonyl (C=O) groups is 3. The number of benzene rings is 2. The molecule has 0 bridgehead atoms. The summed E-state index contributed by atoms with van der Waals surface area (Å²) in [6.45, 7) is -0.144. The summed E-state index contributed by atoms with van der Waals surface area (Å²) < 4.78 is 39.0. The number of hydrogen-bond acceptors (Lipinski definition) is 4. The lowest BCUT2D eigenvalue weighted by Crippen LogP contribution is -2.27. The Morgan fingerprint density at radius 3 is 2.48 bits per heavy atom. The second-order valence-electron chi connectivity index (χ2n) is 6.30. The van der Waals surface area contributed by atoms with Crippen molar-refractivity contribution in [1.82, 2.24) is 5.32 Å². The number of nitrogens with one attached hydrogen (secondary N) is 1. The van der Waals surface area contributed by atoms with E-state index in [0.717, 1.165) is 12.1 Å². The normalized spacial score (nSPS) is 19.0. The number of anilines is 1. The van der Waals surface area contributed by atoms with Crippen LogP contribution in [0, 0.1) is 0 Å². The maximum Gasteiger partial charge on any atom is 0.416 e. The zero-order chi connectivity index (χ0) is 20.9. The van der Waals surface area contributed by atoms with E-state index in [-0.39, 0.29) is 22.6 Å². The highest BCUT2D eigenvalue weighted by Crippen LogP contribution is 2.44. The van der Waals surface area contributed by atoms with Crippen molar-refractivity contribution >= 4 is 51.7 Å². The molecule has 0 aliphatic carbocycles. The lowest BCUT2D eigenvalue weighted by atomic mass is 10.1. The Balaban J connectivity index is 1.79. The van der Waals surface area contributed by atoms with Gasteiger partial charge in [-0.3, -0.25) is 19.7 Å². The number of alkyl halides is 3. The Morgan fingerprint density at radius 1 is 1.07 bits per heavy atom. The molecular formula is C19H10ClF3N2O3S. The Bertz CT molecular complexity index is 1110. The van der Waals surface area contributed by atoms with E-state index in [1.54, 1.807) is 6.07 Å². The Hall–Kier alpha value is -2.78. The first-order valence-electron chi connectivity index (χ1n) is 8.20. The van der Waals surface area contributed by atoms with Gasteiger partial charge in [-0.15, -0.1) is 0 Å². The molecule has 10 heteroatoms. The number of rotatable bonds is 2. The minimum absolute atomic E-state index is 0.00262. The average molecular weight is 439 g/mol. The maximum atomic E-state index is 13.1. The molecule has 148 valence electrons. The molecule has 0 aromatic heterocycles. The minimum atomic E-state index is -4.51. The van der Waals surface area contributed by atoms with Crippen molar-refractivity contribution in [1.29, 1.82) is 0 Å². The molecule has 0 atom stereocenters. The Labute approximate surface area is 171 Å². The van der Waals surface area contributed by atoms with Gasteiger partial charge in [-0.25, -0.2) is 0 Å². The molecule has 2 aromatic rings. The quantitative estimate of drug-likeness (QED) is 0.696. The van der Waals surface area contributed by atoms with Crippen LogP contribution in [0.1, 0.15) is 16.7 Å². The van der Waals surface area contributed by atoms with Crippen molar-refractivity contribution in [2.75, 3.05) is 4.90 Å². The second-order valence-corrected chi connectivity index (χ2v) is 7.72. The van der Waals surface area contributed by atoms with Gasteiger partial charge in [0.15, 0.2) is 0 Å². The summed E-state index contributed by atoms with van der Waals surface area (Å²) in [6, 6.07) is 9.23. The lowest BCUT2D eigenvalue weighted by molar-refractivity contribution is -0.137. The predicted molar refractivity (Wildman–Crippen MR) is 102 cm³/mol. The topological polar surface area (TPSA) is 66.5 Å². The smallest absolute Gasteiger partial charge is 0.303 e. The van der Waals surface area contributed by atoms with E-state index in [9.17, 15) is 27.6 Å². The summed E-state index contributed by atoms with van der Waals surface area (Å²) in [7, 11) is 0. The average Bonchev–Trinajstić information content (AvgIpc) is 3.10. The Kier molecular flexibility index (Phi) is 4.66. The molecule has 1 fully saturated rings. The van der Waals surface area contributed by atoms with Crippen molar-refractivity contribution in [2.24, 2.45) is 0 Å². The van der Waals surface area contributed by atoms with Gasteiger partial charge in [0.05, 0.1) is 28.3 Å². The van der Waals surface area contributed by atoms with Crippen molar-refractivity contribution in [3.8, 4) is 0 Å². The van der Waals surface area contributed by atoms with Crippen LogP contribution >= 0.6 is 23.4 Å². The number of amides is 3. The zero-order valence-electron chi connectivity index (χ0n) is 14.3. The van der Waals surface area contributed by atoms with Crippen LogP contribution in [0.3, 0.4) is 0 Å². The molecule has 4 rings (SSSR count). The van der Waals surface area contributed by atoms with Crippen molar-refractivity contribution in [3.05, 3.63) is 69.1 Å². The summed E-state index contributed by atoms with van der Waals surface area (Å²) in [6.07, 6.45) is -4.51. The summed E-state index contributed by atoms with van der Waals surface area (Å²) >= 11 is 6.63. The van der Waals surface area contributed by atoms with Gasteiger partial charge in [0.25, 0.3) is 17.1 Å². The van der Waals surface area contributed by atoms with Gasteiger partial charge >= 0.3 is 6.18 Å². The number of hydrogen-bond donors (Lipinski definition) is 1. The number of thioether (sulfide) groups is 1. The van der Waals surface area contributed by atoms with Crippen LogP contribution in [0.15, 0.2) is 47.4 Å². The van der Waals surface area contributed by atoms with Crippen LogP contribution in [-0.4, -0.2) is 17.1 Å². The number of nitrogens with zero attached hydrogens (tertiary/aromatic N) is 1. The van der Waals surface area contributed by atoms with Gasteiger partial charge in [-0.1, -0.05) is 23.7 Å². The van der Waals surface area contributed by atoms with Crippen molar-refractivity contribution < 1.29 is 27.6 Å². The first-order valence-corrected chi connectivity index (χ1v) is 9.40. The predicted octanol–water partition coefficient (Wildman–Crippen LogP) is 4.60. The fourth-order valence-electron chi connectivity index (χ4n) is 3.19. The van der Waals surface area contributed by atoms with Gasteiger partial charge < -0.3 is 4.90 Å². The third-order valence-corrected chi connectivity index (χ3v) is 5.53. The van der Waals surface area contributed by atoms with Gasteiger partial charge in [-0.2, -0.15) is 13.2 Å². The highest BCUT2D eigenvalue weighted by molar-refractivity contribution is 8.18. The molecule has 2 aliphatic heterocycles. The molecule has 2 heterocycles. The molecule has 3 amide bonds. The van der Waals surface area contributed by atoms with Crippen molar-refractivity contribution in [2.45, 2.75) is 12.7 Å². The lowest BCUT2D eigenvalue weighted by Gasteiger charge is -2.18. The van der Waals surface area contributed by atoms with Crippen LogP contribution in [0.2, 0.25) is 5.02 Å². The fraction of sp³-hybridized carbons (Fsp3) is 0.105. The fourth-order valence-corrected chi connectivity index (χ4v) is 4.13.